The molecule has 2 aromatic rings. The van der Waals surface area contributed by atoms with Crippen LogP contribution in [0.4, 0.5) is 4.39 Å². The first-order valence-corrected chi connectivity index (χ1v) is 6.98. The Morgan fingerprint density at radius 3 is 2.52 bits per heavy atom. The molecule has 112 valence electrons. The largest absolute Gasteiger partial charge is 0.457 e. The topological polar surface area (TPSA) is 41.5 Å². The van der Waals surface area contributed by atoms with E-state index in [2.05, 4.69) is 5.32 Å². The van der Waals surface area contributed by atoms with Crippen molar-refractivity contribution in [2.45, 2.75) is 33.0 Å². The summed E-state index contributed by atoms with van der Waals surface area (Å²) in [5.41, 5.74) is 1.45. The van der Waals surface area contributed by atoms with Crippen LogP contribution >= 0.6 is 0 Å². The smallest absolute Gasteiger partial charge is 0.132 e. The molecular weight excluding hydrogens is 269 g/mol. The molecule has 21 heavy (non-hydrogen) atoms. The van der Waals surface area contributed by atoms with Gasteiger partial charge in [0.05, 0.1) is 6.61 Å². The van der Waals surface area contributed by atoms with Crippen LogP contribution in [0.25, 0.3) is 0 Å². The molecule has 0 aromatic heterocycles. The number of hydrogen-bond acceptors (Lipinski definition) is 3. The first-order chi connectivity index (χ1) is 10.1. The van der Waals surface area contributed by atoms with Crippen LogP contribution in [-0.2, 0) is 13.2 Å². The van der Waals surface area contributed by atoms with Crippen molar-refractivity contribution in [3.63, 3.8) is 0 Å². The highest BCUT2D eigenvalue weighted by Crippen LogP contribution is 2.28. The number of aliphatic hydroxyl groups is 1. The van der Waals surface area contributed by atoms with E-state index in [4.69, 9.17) is 4.74 Å². The lowest BCUT2D eigenvalue weighted by Gasteiger charge is -2.15. The Labute approximate surface area is 124 Å². The molecule has 0 aliphatic rings. The lowest BCUT2D eigenvalue weighted by atomic mass is 10.1. The van der Waals surface area contributed by atoms with Gasteiger partial charge >= 0.3 is 0 Å². The van der Waals surface area contributed by atoms with Crippen LogP contribution in [0.15, 0.2) is 42.5 Å². The molecule has 2 N–H and O–H groups in total. The number of ether oxygens (including phenoxy) is 1. The lowest BCUT2D eigenvalue weighted by Crippen LogP contribution is -2.22. The van der Waals surface area contributed by atoms with E-state index < -0.39 is 0 Å². The molecule has 0 aliphatic carbocycles. The average Bonchev–Trinajstić information content (AvgIpc) is 2.48. The Balaban J connectivity index is 2.26. The fourth-order valence-corrected chi connectivity index (χ4v) is 1.95. The van der Waals surface area contributed by atoms with Gasteiger partial charge in [-0.15, -0.1) is 0 Å². The summed E-state index contributed by atoms with van der Waals surface area (Å²) in [6.45, 7) is 4.48. The second-order valence-corrected chi connectivity index (χ2v) is 5.16. The highest BCUT2D eigenvalue weighted by Gasteiger charge is 2.09. The minimum Gasteiger partial charge on any atom is -0.457 e. The standard InChI is InChI=1S/C17H20FNO2/c1-12(2)19-10-14-9-15(18)7-8-17(14)21-16-6-4-3-5-13(16)11-20/h3-9,12,19-20H,10-11H2,1-2H3. The van der Waals surface area contributed by atoms with Gasteiger partial charge in [-0.2, -0.15) is 0 Å². The van der Waals surface area contributed by atoms with Crippen LogP contribution in [0.5, 0.6) is 11.5 Å². The van der Waals surface area contributed by atoms with Crippen molar-refractivity contribution in [3.8, 4) is 11.5 Å². The van der Waals surface area contributed by atoms with Crippen molar-refractivity contribution in [3.05, 3.63) is 59.4 Å². The van der Waals surface area contributed by atoms with E-state index in [1.807, 2.05) is 26.0 Å². The second kappa shape index (κ2) is 7.20. The molecule has 0 bridgehead atoms. The summed E-state index contributed by atoms with van der Waals surface area (Å²) in [5, 5.41) is 12.6. The zero-order valence-electron chi connectivity index (χ0n) is 12.3. The molecule has 0 fully saturated rings. The number of halogens is 1. The third kappa shape index (κ3) is 4.28. The number of hydrogen-bond donors (Lipinski definition) is 2. The number of benzene rings is 2. The molecule has 2 rings (SSSR count). The fraction of sp³-hybridized carbons (Fsp3) is 0.294. The molecule has 3 nitrogen and oxygen atoms in total. The predicted molar refractivity (Wildman–Crippen MR) is 80.8 cm³/mol. The number of nitrogens with one attached hydrogen (secondary N) is 1. The molecule has 0 aliphatic heterocycles. The predicted octanol–water partition coefficient (Wildman–Crippen LogP) is 3.61. The monoisotopic (exact) mass is 289 g/mol. The van der Waals surface area contributed by atoms with Crippen molar-refractivity contribution in [1.82, 2.24) is 5.32 Å². The van der Waals surface area contributed by atoms with Gasteiger partial charge in [0, 0.05) is 23.7 Å². The van der Waals surface area contributed by atoms with Crippen LogP contribution in [0.2, 0.25) is 0 Å². The van der Waals surface area contributed by atoms with Crippen LogP contribution in [-0.4, -0.2) is 11.1 Å². The van der Waals surface area contributed by atoms with Gasteiger partial charge in [0.15, 0.2) is 0 Å². The molecule has 0 amide bonds. The van der Waals surface area contributed by atoms with Gasteiger partial charge < -0.3 is 15.2 Å². The van der Waals surface area contributed by atoms with E-state index in [9.17, 15) is 9.50 Å². The van der Waals surface area contributed by atoms with Crippen LogP contribution in [0.1, 0.15) is 25.0 Å². The van der Waals surface area contributed by atoms with Crippen LogP contribution in [0.3, 0.4) is 0 Å². The summed E-state index contributed by atoms with van der Waals surface area (Å²) < 4.78 is 19.3. The summed E-state index contributed by atoms with van der Waals surface area (Å²) in [7, 11) is 0. The Bertz CT molecular complexity index is 599. The van der Waals surface area contributed by atoms with Gasteiger partial charge in [0.1, 0.15) is 17.3 Å². The summed E-state index contributed by atoms with van der Waals surface area (Å²) >= 11 is 0. The van der Waals surface area contributed by atoms with E-state index in [1.54, 1.807) is 18.2 Å². The molecular formula is C17H20FNO2. The Morgan fingerprint density at radius 1 is 1.10 bits per heavy atom. The molecule has 0 saturated heterocycles. The van der Waals surface area contributed by atoms with E-state index >= 15 is 0 Å². The molecule has 0 spiro atoms. The number of rotatable bonds is 6. The summed E-state index contributed by atoms with van der Waals surface area (Å²) in [4.78, 5) is 0. The molecule has 0 atom stereocenters. The normalized spacial score (nSPS) is 10.9. The second-order valence-electron chi connectivity index (χ2n) is 5.16. The van der Waals surface area contributed by atoms with Crippen molar-refractivity contribution in [1.29, 1.82) is 0 Å². The van der Waals surface area contributed by atoms with Gasteiger partial charge in [-0.1, -0.05) is 32.0 Å². The molecule has 0 radical (unpaired) electrons. The maximum Gasteiger partial charge on any atom is 0.132 e. The SMILES string of the molecule is CC(C)NCc1cc(F)ccc1Oc1ccccc1CO. The van der Waals surface area contributed by atoms with Crippen LogP contribution in [0, 0.1) is 5.82 Å². The van der Waals surface area contributed by atoms with Gasteiger partial charge in [-0.05, 0) is 24.3 Å². The van der Waals surface area contributed by atoms with E-state index in [0.29, 0.717) is 29.6 Å². The van der Waals surface area contributed by atoms with Crippen molar-refractivity contribution in [2.24, 2.45) is 0 Å². The maximum atomic E-state index is 13.4. The summed E-state index contributed by atoms with van der Waals surface area (Å²) in [5.74, 6) is 0.876. The highest BCUT2D eigenvalue weighted by molar-refractivity contribution is 5.41. The fourth-order valence-electron chi connectivity index (χ4n) is 1.95. The van der Waals surface area contributed by atoms with E-state index in [1.165, 1.54) is 12.1 Å². The third-order valence-corrected chi connectivity index (χ3v) is 3.09. The lowest BCUT2D eigenvalue weighted by molar-refractivity contribution is 0.276. The van der Waals surface area contributed by atoms with Crippen molar-refractivity contribution in [2.75, 3.05) is 0 Å². The van der Waals surface area contributed by atoms with E-state index in [0.717, 1.165) is 5.56 Å². The zero-order valence-corrected chi connectivity index (χ0v) is 12.3. The van der Waals surface area contributed by atoms with Gasteiger partial charge in [-0.3, -0.25) is 0 Å². The Hall–Kier alpha value is -1.91. The van der Waals surface area contributed by atoms with Gasteiger partial charge in [0.2, 0.25) is 0 Å². The molecule has 4 heteroatoms. The first kappa shape index (κ1) is 15.5. The summed E-state index contributed by atoms with van der Waals surface area (Å²) in [6, 6.07) is 12.0. The number of aliphatic hydroxyl groups excluding tert-OH is 1. The number of para-hydroxylation sites is 1. The van der Waals surface area contributed by atoms with E-state index in [-0.39, 0.29) is 12.4 Å². The Morgan fingerprint density at radius 2 is 1.81 bits per heavy atom. The quantitative estimate of drug-likeness (QED) is 0.853. The zero-order chi connectivity index (χ0) is 15.2. The van der Waals surface area contributed by atoms with Crippen molar-refractivity contribution >= 4 is 0 Å². The summed E-state index contributed by atoms with van der Waals surface area (Å²) in [6.07, 6.45) is 0. The molecule has 0 saturated carbocycles. The Kier molecular flexibility index (Phi) is 5.31. The molecule has 2 aromatic carbocycles. The molecule has 0 heterocycles. The van der Waals surface area contributed by atoms with Crippen LogP contribution < -0.4 is 10.1 Å². The third-order valence-electron chi connectivity index (χ3n) is 3.09. The van der Waals surface area contributed by atoms with Gasteiger partial charge in [0.25, 0.3) is 0 Å². The minimum absolute atomic E-state index is 0.100. The van der Waals surface area contributed by atoms with Gasteiger partial charge in [-0.25, -0.2) is 4.39 Å². The molecule has 0 unspecified atom stereocenters. The first-order valence-electron chi connectivity index (χ1n) is 6.98. The van der Waals surface area contributed by atoms with Crippen molar-refractivity contribution < 1.29 is 14.2 Å². The highest BCUT2D eigenvalue weighted by atomic mass is 19.1. The minimum atomic E-state index is -0.293. The maximum absolute atomic E-state index is 13.4. The average molecular weight is 289 g/mol.